The lowest BCUT2D eigenvalue weighted by atomic mass is 10.2. The maximum atomic E-state index is 13.2. The van der Waals surface area contributed by atoms with Gasteiger partial charge in [0, 0.05) is 19.2 Å². The Balaban J connectivity index is 2.83. The molecule has 4 N–H and O–H groups in total. The fraction of sp³-hybridized carbons (Fsp3) is 0.300. The number of hydrogen-bond donors (Lipinski definition) is 3. The third-order valence-electron chi connectivity index (χ3n) is 2.04. The van der Waals surface area contributed by atoms with Crippen molar-refractivity contribution in [2.45, 2.75) is 0 Å². The van der Waals surface area contributed by atoms with Gasteiger partial charge >= 0.3 is 0 Å². The van der Waals surface area contributed by atoms with Gasteiger partial charge in [-0.2, -0.15) is 0 Å². The van der Waals surface area contributed by atoms with Crippen molar-refractivity contribution in [2.24, 2.45) is 0 Å². The Kier molecular flexibility index (Phi) is 3.93. The maximum absolute atomic E-state index is 13.2. The van der Waals surface area contributed by atoms with Crippen molar-refractivity contribution in [1.29, 1.82) is 0 Å². The number of rotatable bonds is 4. The summed E-state index contributed by atoms with van der Waals surface area (Å²) in [4.78, 5) is 11.0. The molecule has 6 heteroatoms. The van der Waals surface area contributed by atoms with E-state index in [1.807, 2.05) is 0 Å². The van der Waals surface area contributed by atoms with Crippen LogP contribution in [0.1, 0.15) is 0 Å². The van der Waals surface area contributed by atoms with Crippen LogP contribution < -0.4 is 21.1 Å². The fourth-order valence-corrected chi connectivity index (χ4v) is 1.14. The molecule has 88 valence electrons. The first-order valence-corrected chi connectivity index (χ1v) is 4.66. The first kappa shape index (κ1) is 12.1. The molecule has 16 heavy (non-hydrogen) atoms. The SMILES string of the molecule is CNC(=O)CNc1cc(OC)c(F)cc1N. The standard InChI is InChI=1S/C10H14FN3O2/c1-13-10(15)5-14-8-4-9(16-2)6(11)3-7(8)12/h3-4,14H,5,12H2,1-2H3,(H,13,15). The predicted octanol–water partition coefficient (Wildman–Crippen LogP) is 0.574. The number of hydrogen-bond acceptors (Lipinski definition) is 4. The summed E-state index contributed by atoms with van der Waals surface area (Å²) >= 11 is 0. The Labute approximate surface area is 92.8 Å². The van der Waals surface area contributed by atoms with Crippen LogP contribution in [0.5, 0.6) is 5.75 Å². The zero-order chi connectivity index (χ0) is 12.1. The maximum Gasteiger partial charge on any atom is 0.239 e. The first-order valence-electron chi connectivity index (χ1n) is 4.66. The number of methoxy groups -OCH3 is 1. The molecule has 0 saturated heterocycles. The highest BCUT2D eigenvalue weighted by Gasteiger charge is 2.08. The normalized spacial score (nSPS) is 9.69. The molecule has 0 bridgehead atoms. The highest BCUT2D eigenvalue weighted by atomic mass is 19.1. The molecule has 0 spiro atoms. The third-order valence-corrected chi connectivity index (χ3v) is 2.04. The molecule has 0 saturated carbocycles. The molecule has 1 aromatic carbocycles. The third kappa shape index (κ3) is 2.75. The van der Waals surface area contributed by atoms with Crippen LogP contribution in [0.15, 0.2) is 12.1 Å². The van der Waals surface area contributed by atoms with E-state index in [9.17, 15) is 9.18 Å². The van der Waals surface area contributed by atoms with Gasteiger partial charge in [0.15, 0.2) is 11.6 Å². The van der Waals surface area contributed by atoms with E-state index in [0.29, 0.717) is 5.69 Å². The van der Waals surface area contributed by atoms with E-state index in [1.54, 1.807) is 0 Å². The largest absolute Gasteiger partial charge is 0.494 e. The van der Waals surface area contributed by atoms with Gasteiger partial charge in [0.25, 0.3) is 0 Å². The van der Waals surface area contributed by atoms with Gasteiger partial charge in [-0.1, -0.05) is 0 Å². The lowest BCUT2D eigenvalue weighted by molar-refractivity contribution is -0.118. The van der Waals surface area contributed by atoms with Crippen LogP contribution in [0.3, 0.4) is 0 Å². The van der Waals surface area contributed by atoms with Crippen LogP contribution in [-0.4, -0.2) is 26.6 Å². The summed E-state index contributed by atoms with van der Waals surface area (Å²) in [6.07, 6.45) is 0. The fourth-order valence-electron chi connectivity index (χ4n) is 1.14. The number of nitrogens with two attached hydrogens (primary N) is 1. The summed E-state index contributed by atoms with van der Waals surface area (Å²) in [5.74, 6) is -0.651. The van der Waals surface area contributed by atoms with Gasteiger partial charge in [-0.05, 0) is 0 Å². The van der Waals surface area contributed by atoms with Gasteiger partial charge in [0.05, 0.1) is 25.0 Å². The van der Waals surface area contributed by atoms with Crippen LogP contribution in [0.4, 0.5) is 15.8 Å². The Morgan fingerprint density at radius 1 is 1.56 bits per heavy atom. The van der Waals surface area contributed by atoms with E-state index in [0.717, 1.165) is 6.07 Å². The average molecular weight is 227 g/mol. The molecule has 5 nitrogen and oxygen atoms in total. The van der Waals surface area contributed by atoms with Crippen LogP contribution in [0, 0.1) is 5.82 Å². The van der Waals surface area contributed by atoms with Gasteiger partial charge in [0.1, 0.15) is 0 Å². The Bertz CT molecular complexity index is 396. The van der Waals surface area contributed by atoms with Crippen LogP contribution >= 0.6 is 0 Å². The van der Waals surface area contributed by atoms with Crippen LogP contribution in [0.25, 0.3) is 0 Å². The number of anilines is 2. The number of carbonyl (C=O) groups is 1. The summed E-state index contributed by atoms with van der Waals surface area (Å²) in [7, 11) is 2.88. The molecule has 0 aliphatic rings. The minimum absolute atomic E-state index is 0.0650. The van der Waals surface area contributed by atoms with Crippen molar-refractivity contribution in [2.75, 3.05) is 31.8 Å². The van der Waals surface area contributed by atoms with Gasteiger partial charge in [-0.3, -0.25) is 4.79 Å². The van der Waals surface area contributed by atoms with Gasteiger partial charge in [-0.15, -0.1) is 0 Å². The van der Waals surface area contributed by atoms with E-state index in [2.05, 4.69) is 10.6 Å². The number of amides is 1. The monoisotopic (exact) mass is 227 g/mol. The van der Waals surface area contributed by atoms with Crippen molar-refractivity contribution in [3.8, 4) is 5.75 Å². The molecule has 1 aromatic rings. The van der Waals surface area contributed by atoms with Crippen LogP contribution in [0.2, 0.25) is 0 Å². The molecular weight excluding hydrogens is 213 g/mol. The van der Waals surface area contributed by atoms with Crippen molar-refractivity contribution in [3.63, 3.8) is 0 Å². The topological polar surface area (TPSA) is 76.4 Å². The van der Waals surface area contributed by atoms with Crippen LogP contribution in [-0.2, 0) is 4.79 Å². The highest BCUT2D eigenvalue weighted by Crippen LogP contribution is 2.27. The second kappa shape index (κ2) is 5.20. The number of nitrogens with one attached hydrogen (secondary N) is 2. The summed E-state index contributed by atoms with van der Waals surface area (Å²) in [6, 6.07) is 2.55. The quantitative estimate of drug-likeness (QED) is 0.657. The molecule has 0 aliphatic heterocycles. The molecule has 0 heterocycles. The number of halogens is 1. The smallest absolute Gasteiger partial charge is 0.239 e. The zero-order valence-electron chi connectivity index (χ0n) is 9.13. The Morgan fingerprint density at radius 2 is 2.25 bits per heavy atom. The van der Waals surface area contributed by atoms with Gasteiger partial charge in [-0.25, -0.2) is 4.39 Å². The number of likely N-dealkylation sites (N-methyl/N-ethyl adjacent to an activating group) is 1. The minimum Gasteiger partial charge on any atom is -0.494 e. The second-order valence-electron chi connectivity index (χ2n) is 3.10. The van der Waals surface area contributed by atoms with Gasteiger partial charge < -0.3 is 21.1 Å². The summed E-state index contributed by atoms with van der Waals surface area (Å²) in [5, 5.41) is 5.23. The molecule has 0 aliphatic carbocycles. The molecule has 0 fully saturated rings. The summed E-state index contributed by atoms with van der Waals surface area (Å²) in [6.45, 7) is 0.0650. The lowest BCUT2D eigenvalue weighted by Gasteiger charge is -2.11. The second-order valence-corrected chi connectivity index (χ2v) is 3.10. The van der Waals surface area contributed by atoms with Gasteiger partial charge in [0.2, 0.25) is 5.91 Å². The lowest BCUT2D eigenvalue weighted by Crippen LogP contribution is -2.26. The number of ether oxygens (including phenoxy) is 1. The minimum atomic E-state index is -0.537. The summed E-state index contributed by atoms with van der Waals surface area (Å²) < 4.78 is 18.0. The number of carbonyl (C=O) groups excluding carboxylic acids is 1. The average Bonchev–Trinajstić information content (AvgIpc) is 2.27. The number of benzene rings is 1. The molecule has 0 atom stereocenters. The van der Waals surface area contributed by atoms with E-state index in [-0.39, 0.29) is 23.9 Å². The highest BCUT2D eigenvalue weighted by molar-refractivity contribution is 5.82. The predicted molar refractivity (Wildman–Crippen MR) is 59.9 cm³/mol. The van der Waals surface area contributed by atoms with E-state index in [4.69, 9.17) is 10.5 Å². The van der Waals surface area contributed by atoms with E-state index in [1.165, 1.54) is 20.2 Å². The van der Waals surface area contributed by atoms with Crippen molar-refractivity contribution in [1.82, 2.24) is 5.32 Å². The molecule has 1 rings (SSSR count). The van der Waals surface area contributed by atoms with Crippen molar-refractivity contribution in [3.05, 3.63) is 17.9 Å². The molecule has 0 aromatic heterocycles. The molecule has 1 amide bonds. The van der Waals surface area contributed by atoms with Crippen molar-refractivity contribution < 1.29 is 13.9 Å². The molecule has 0 unspecified atom stereocenters. The molecular formula is C10H14FN3O2. The summed E-state index contributed by atoms with van der Waals surface area (Å²) in [5.41, 5.74) is 6.27. The Hall–Kier alpha value is -1.98. The zero-order valence-corrected chi connectivity index (χ0v) is 9.13. The number of nitrogen functional groups attached to an aromatic ring is 1. The van der Waals surface area contributed by atoms with Crippen molar-refractivity contribution >= 4 is 17.3 Å². The Morgan fingerprint density at radius 3 is 2.81 bits per heavy atom. The van der Waals surface area contributed by atoms with E-state index < -0.39 is 5.82 Å². The van der Waals surface area contributed by atoms with E-state index >= 15 is 0 Å². The molecule has 0 radical (unpaired) electrons. The first-order chi connectivity index (χ1) is 7.58.